The SMILES string of the molecule is COc1ccc(N(CC(=O)Nc2ccc(Br)c(Cl)c2)S(C)(=O)=O)c(OC)c1. The first-order valence-electron chi connectivity index (χ1n) is 7.60. The Labute approximate surface area is 171 Å². The van der Waals surface area contributed by atoms with Gasteiger partial charge in [0.1, 0.15) is 18.0 Å². The van der Waals surface area contributed by atoms with E-state index >= 15 is 0 Å². The second-order valence-electron chi connectivity index (χ2n) is 5.48. The monoisotopic (exact) mass is 476 g/mol. The van der Waals surface area contributed by atoms with E-state index in [1.54, 1.807) is 30.3 Å². The highest BCUT2D eigenvalue weighted by Crippen LogP contribution is 2.33. The molecular formula is C17H18BrClN2O5S. The minimum atomic E-state index is -3.75. The fourth-order valence-corrected chi connectivity index (χ4v) is 3.56. The maximum Gasteiger partial charge on any atom is 0.245 e. The van der Waals surface area contributed by atoms with E-state index in [4.69, 9.17) is 21.1 Å². The highest BCUT2D eigenvalue weighted by atomic mass is 79.9. The fourth-order valence-electron chi connectivity index (χ4n) is 2.28. The lowest BCUT2D eigenvalue weighted by Gasteiger charge is -2.24. The zero-order valence-corrected chi connectivity index (χ0v) is 18.0. The quantitative estimate of drug-likeness (QED) is 0.659. The molecule has 2 aromatic rings. The number of hydrogen-bond acceptors (Lipinski definition) is 5. The molecule has 0 heterocycles. The van der Waals surface area contributed by atoms with Gasteiger partial charge in [0.2, 0.25) is 15.9 Å². The summed E-state index contributed by atoms with van der Waals surface area (Å²) in [5, 5.41) is 3.05. The number of amides is 1. The molecule has 0 aliphatic carbocycles. The molecule has 0 saturated carbocycles. The summed E-state index contributed by atoms with van der Waals surface area (Å²) in [5.74, 6) is 0.231. The van der Waals surface area contributed by atoms with Gasteiger partial charge in [0.05, 0.1) is 31.2 Å². The van der Waals surface area contributed by atoms with E-state index in [2.05, 4.69) is 21.2 Å². The molecule has 0 aromatic heterocycles. The van der Waals surface area contributed by atoms with E-state index in [1.165, 1.54) is 20.3 Å². The molecule has 1 N–H and O–H groups in total. The number of nitrogens with zero attached hydrogens (tertiary/aromatic N) is 1. The molecule has 0 aliphatic heterocycles. The lowest BCUT2D eigenvalue weighted by Crippen LogP contribution is -2.37. The molecule has 0 bridgehead atoms. The number of ether oxygens (including phenoxy) is 2. The third-order valence-electron chi connectivity index (χ3n) is 3.55. The van der Waals surface area contributed by atoms with Crippen molar-refractivity contribution in [3.05, 3.63) is 45.9 Å². The van der Waals surface area contributed by atoms with Crippen molar-refractivity contribution in [1.29, 1.82) is 0 Å². The summed E-state index contributed by atoms with van der Waals surface area (Å²) < 4.78 is 36.6. The van der Waals surface area contributed by atoms with Gasteiger partial charge in [-0.05, 0) is 46.3 Å². The molecule has 0 radical (unpaired) electrons. The second-order valence-corrected chi connectivity index (χ2v) is 8.65. The van der Waals surface area contributed by atoms with Gasteiger partial charge in [-0.25, -0.2) is 8.42 Å². The summed E-state index contributed by atoms with van der Waals surface area (Å²) in [6, 6.07) is 9.53. The van der Waals surface area contributed by atoms with Gasteiger partial charge in [-0.2, -0.15) is 0 Å². The smallest absolute Gasteiger partial charge is 0.245 e. The van der Waals surface area contributed by atoms with Crippen molar-refractivity contribution in [2.75, 3.05) is 36.6 Å². The van der Waals surface area contributed by atoms with Crippen LogP contribution in [0.2, 0.25) is 5.02 Å². The molecule has 0 fully saturated rings. The van der Waals surface area contributed by atoms with Crippen molar-refractivity contribution < 1.29 is 22.7 Å². The fraction of sp³-hybridized carbons (Fsp3) is 0.235. The molecule has 2 rings (SSSR count). The van der Waals surface area contributed by atoms with Gasteiger partial charge in [-0.15, -0.1) is 0 Å². The van der Waals surface area contributed by atoms with Crippen LogP contribution in [0.15, 0.2) is 40.9 Å². The summed E-state index contributed by atoms with van der Waals surface area (Å²) in [5.41, 5.74) is 0.674. The van der Waals surface area contributed by atoms with Crippen molar-refractivity contribution in [2.24, 2.45) is 0 Å². The number of hydrogen-bond donors (Lipinski definition) is 1. The predicted octanol–water partition coefficient (Wildman–Crippen LogP) is 3.52. The van der Waals surface area contributed by atoms with Crippen LogP contribution in [0.3, 0.4) is 0 Å². The topological polar surface area (TPSA) is 84.9 Å². The van der Waals surface area contributed by atoms with Gasteiger partial charge in [-0.1, -0.05) is 11.6 Å². The molecular weight excluding hydrogens is 460 g/mol. The molecule has 27 heavy (non-hydrogen) atoms. The van der Waals surface area contributed by atoms with Gasteiger partial charge in [0, 0.05) is 16.2 Å². The number of benzene rings is 2. The Bertz CT molecular complexity index is 952. The Kier molecular flexibility index (Phi) is 6.96. The molecule has 0 spiro atoms. The van der Waals surface area contributed by atoms with Crippen LogP contribution < -0.4 is 19.1 Å². The van der Waals surface area contributed by atoms with Gasteiger partial charge in [0.25, 0.3) is 0 Å². The van der Waals surface area contributed by atoms with Gasteiger partial charge < -0.3 is 14.8 Å². The Balaban J connectivity index is 2.30. The van der Waals surface area contributed by atoms with Crippen LogP contribution in [0.5, 0.6) is 11.5 Å². The van der Waals surface area contributed by atoms with E-state index < -0.39 is 22.5 Å². The Morgan fingerprint density at radius 3 is 2.44 bits per heavy atom. The van der Waals surface area contributed by atoms with Crippen LogP contribution in [0, 0.1) is 0 Å². The van der Waals surface area contributed by atoms with Crippen molar-refractivity contribution in [2.45, 2.75) is 0 Å². The molecule has 10 heteroatoms. The van der Waals surface area contributed by atoms with Crippen LogP contribution in [0.1, 0.15) is 0 Å². The maximum atomic E-state index is 12.4. The average Bonchev–Trinajstić information content (AvgIpc) is 2.61. The lowest BCUT2D eigenvalue weighted by atomic mass is 10.2. The lowest BCUT2D eigenvalue weighted by molar-refractivity contribution is -0.114. The molecule has 2 aromatic carbocycles. The zero-order valence-electron chi connectivity index (χ0n) is 14.8. The van der Waals surface area contributed by atoms with Gasteiger partial charge in [0.15, 0.2) is 0 Å². The minimum absolute atomic E-state index is 0.227. The van der Waals surface area contributed by atoms with E-state index in [0.29, 0.717) is 20.9 Å². The number of halogens is 2. The van der Waals surface area contributed by atoms with E-state index in [-0.39, 0.29) is 11.4 Å². The Hall–Kier alpha value is -1.97. The zero-order chi connectivity index (χ0) is 20.2. The summed E-state index contributed by atoms with van der Waals surface area (Å²) in [6.45, 7) is -0.435. The number of sulfonamides is 1. The van der Waals surface area contributed by atoms with E-state index in [0.717, 1.165) is 10.6 Å². The van der Waals surface area contributed by atoms with E-state index in [9.17, 15) is 13.2 Å². The third-order valence-corrected chi connectivity index (χ3v) is 5.91. The summed E-state index contributed by atoms with van der Waals surface area (Å²) in [7, 11) is -0.863. The van der Waals surface area contributed by atoms with Crippen LogP contribution in [0.4, 0.5) is 11.4 Å². The maximum absolute atomic E-state index is 12.4. The van der Waals surface area contributed by atoms with Crippen LogP contribution in [0.25, 0.3) is 0 Å². The Morgan fingerprint density at radius 2 is 1.89 bits per heavy atom. The van der Waals surface area contributed by atoms with Gasteiger partial charge in [-0.3, -0.25) is 9.10 Å². The van der Waals surface area contributed by atoms with Crippen LogP contribution in [-0.4, -0.2) is 41.3 Å². The first kappa shape index (κ1) is 21.3. The normalized spacial score (nSPS) is 11.0. The largest absolute Gasteiger partial charge is 0.497 e. The first-order chi connectivity index (χ1) is 12.7. The Morgan fingerprint density at radius 1 is 1.19 bits per heavy atom. The number of carbonyl (C=O) groups is 1. The standard InChI is InChI=1S/C17H18BrClN2O5S/c1-25-12-5-7-15(16(9-12)26-2)21(27(3,23)24)10-17(22)20-11-4-6-13(18)14(19)8-11/h4-9H,10H2,1-3H3,(H,20,22). The number of anilines is 2. The van der Waals surface area contributed by atoms with E-state index in [1.807, 2.05) is 0 Å². The molecule has 0 saturated heterocycles. The van der Waals surface area contributed by atoms with Crippen LogP contribution in [-0.2, 0) is 14.8 Å². The second kappa shape index (κ2) is 8.81. The average molecular weight is 478 g/mol. The molecule has 0 atom stereocenters. The molecule has 0 unspecified atom stereocenters. The third kappa shape index (κ3) is 5.50. The molecule has 146 valence electrons. The highest BCUT2D eigenvalue weighted by molar-refractivity contribution is 9.10. The number of nitrogens with one attached hydrogen (secondary N) is 1. The summed E-state index contributed by atoms with van der Waals surface area (Å²) in [4.78, 5) is 12.4. The van der Waals surface area contributed by atoms with Crippen LogP contribution >= 0.6 is 27.5 Å². The van der Waals surface area contributed by atoms with Gasteiger partial charge >= 0.3 is 0 Å². The molecule has 1 amide bonds. The van der Waals surface area contributed by atoms with Crippen molar-refractivity contribution in [1.82, 2.24) is 0 Å². The molecule has 7 nitrogen and oxygen atoms in total. The highest BCUT2D eigenvalue weighted by Gasteiger charge is 2.24. The van der Waals surface area contributed by atoms with Crippen molar-refractivity contribution in [3.8, 4) is 11.5 Å². The van der Waals surface area contributed by atoms with Crippen molar-refractivity contribution >= 4 is 54.8 Å². The number of carbonyl (C=O) groups excluding carboxylic acids is 1. The predicted molar refractivity (Wildman–Crippen MR) is 110 cm³/mol. The summed E-state index contributed by atoms with van der Waals surface area (Å²) in [6.07, 6.45) is 1.01. The van der Waals surface area contributed by atoms with Crippen molar-refractivity contribution in [3.63, 3.8) is 0 Å². The number of rotatable bonds is 7. The minimum Gasteiger partial charge on any atom is -0.497 e. The first-order valence-corrected chi connectivity index (χ1v) is 10.6. The summed E-state index contributed by atoms with van der Waals surface area (Å²) >= 11 is 9.27. The molecule has 0 aliphatic rings. The number of methoxy groups -OCH3 is 2.